The van der Waals surface area contributed by atoms with E-state index in [1.165, 1.54) is 6.42 Å². The second kappa shape index (κ2) is 4.52. The van der Waals surface area contributed by atoms with Gasteiger partial charge in [-0.25, -0.2) is 4.39 Å². The second-order valence-electron chi connectivity index (χ2n) is 4.26. The zero-order valence-electron chi connectivity index (χ0n) is 8.84. The van der Waals surface area contributed by atoms with E-state index in [0.717, 1.165) is 24.3 Å². The van der Waals surface area contributed by atoms with Gasteiger partial charge >= 0.3 is 0 Å². The van der Waals surface area contributed by atoms with Gasteiger partial charge in [-0.3, -0.25) is 0 Å². The fourth-order valence-electron chi connectivity index (χ4n) is 2.04. The number of hydrogen-bond acceptors (Lipinski definition) is 1. The molecule has 0 radical (unpaired) electrons. The monoisotopic (exact) mass is 271 g/mol. The van der Waals surface area contributed by atoms with Gasteiger partial charge in [0.05, 0.1) is 5.69 Å². The van der Waals surface area contributed by atoms with Crippen molar-refractivity contribution in [1.29, 1.82) is 0 Å². The Balaban J connectivity index is 2.21. The lowest BCUT2D eigenvalue weighted by Crippen LogP contribution is -2.20. The van der Waals surface area contributed by atoms with Crippen molar-refractivity contribution < 1.29 is 4.39 Å². The molecule has 1 aromatic carbocycles. The topological polar surface area (TPSA) is 3.24 Å². The highest BCUT2D eigenvalue weighted by Gasteiger charge is 2.21. The Bertz CT molecular complexity index is 353. The van der Waals surface area contributed by atoms with Crippen LogP contribution >= 0.6 is 15.9 Å². The number of halogens is 2. The number of anilines is 1. The number of rotatable bonds is 2. The van der Waals surface area contributed by atoms with Gasteiger partial charge in [0.25, 0.3) is 0 Å². The fraction of sp³-hybridized carbons (Fsp3) is 0.500. The van der Waals surface area contributed by atoms with Gasteiger partial charge in [-0.2, -0.15) is 0 Å². The number of benzene rings is 1. The quantitative estimate of drug-likeness (QED) is 0.744. The first-order valence-corrected chi connectivity index (χ1v) is 6.42. The summed E-state index contributed by atoms with van der Waals surface area (Å²) < 4.78 is 13.8. The smallest absolute Gasteiger partial charge is 0.146 e. The van der Waals surface area contributed by atoms with E-state index in [0.29, 0.717) is 11.2 Å². The largest absolute Gasteiger partial charge is 0.369 e. The Morgan fingerprint density at radius 2 is 2.33 bits per heavy atom. The first-order valence-electron chi connectivity index (χ1n) is 5.30. The summed E-state index contributed by atoms with van der Waals surface area (Å²) in [7, 11) is 0. The maximum Gasteiger partial charge on any atom is 0.146 e. The molecule has 0 aliphatic carbocycles. The Morgan fingerprint density at radius 1 is 1.53 bits per heavy atom. The third-order valence-corrected chi connectivity index (χ3v) is 3.58. The van der Waals surface area contributed by atoms with Gasteiger partial charge in [0.1, 0.15) is 5.82 Å². The normalized spacial score (nSPS) is 21.0. The van der Waals surface area contributed by atoms with E-state index in [4.69, 9.17) is 0 Å². The van der Waals surface area contributed by atoms with E-state index in [9.17, 15) is 4.39 Å². The van der Waals surface area contributed by atoms with Crippen molar-refractivity contribution in [2.45, 2.75) is 18.7 Å². The van der Waals surface area contributed by atoms with Crippen LogP contribution in [0, 0.1) is 11.7 Å². The van der Waals surface area contributed by atoms with Gasteiger partial charge in [-0.05, 0) is 30.0 Å². The molecule has 82 valence electrons. The summed E-state index contributed by atoms with van der Waals surface area (Å²) in [5.74, 6) is 0.585. The van der Waals surface area contributed by atoms with Gasteiger partial charge in [-0.1, -0.05) is 28.9 Å². The van der Waals surface area contributed by atoms with Crippen molar-refractivity contribution in [3.8, 4) is 0 Å². The van der Waals surface area contributed by atoms with Crippen molar-refractivity contribution in [2.75, 3.05) is 18.0 Å². The summed E-state index contributed by atoms with van der Waals surface area (Å²) >= 11 is 3.33. The van der Waals surface area contributed by atoms with Crippen LogP contribution in [-0.2, 0) is 5.33 Å². The van der Waals surface area contributed by atoms with Crippen LogP contribution in [0.3, 0.4) is 0 Å². The van der Waals surface area contributed by atoms with Crippen molar-refractivity contribution in [2.24, 2.45) is 5.92 Å². The van der Waals surface area contributed by atoms with Crippen LogP contribution in [0.1, 0.15) is 18.9 Å². The van der Waals surface area contributed by atoms with Crippen LogP contribution < -0.4 is 4.90 Å². The summed E-state index contributed by atoms with van der Waals surface area (Å²) in [5, 5.41) is 0.709. The SMILES string of the molecule is CC1CCN(c2ccc(CBr)cc2F)C1. The van der Waals surface area contributed by atoms with E-state index in [1.807, 2.05) is 12.1 Å². The van der Waals surface area contributed by atoms with Crippen molar-refractivity contribution >= 4 is 21.6 Å². The summed E-state index contributed by atoms with van der Waals surface area (Å²) in [6, 6.07) is 5.49. The first-order chi connectivity index (χ1) is 7.20. The highest BCUT2D eigenvalue weighted by Crippen LogP contribution is 2.27. The summed E-state index contributed by atoms with van der Waals surface area (Å²) in [4.78, 5) is 2.14. The maximum atomic E-state index is 13.8. The average Bonchev–Trinajstić information content (AvgIpc) is 2.64. The Labute approximate surface area is 98.4 Å². The predicted molar refractivity (Wildman–Crippen MR) is 65.0 cm³/mol. The molecule has 1 unspecified atom stereocenters. The molecule has 0 bridgehead atoms. The maximum absolute atomic E-state index is 13.8. The van der Waals surface area contributed by atoms with Gasteiger partial charge in [-0.15, -0.1) is 0 Å². The zero-order chi connectivity index (χ0) is 10.8. The molecule has 1 aliphatic rings. The van der Waals surface area contributed by atoms with Crippen molar-refractivity contribution in [3.05, 3.63) is 29.6 Å². The van der Waals surface area contributed by atoms with E-state index >= 15 is 0 Å². The minimum absolute atomic E-state index is 0.0962. The van der Waals surface area contributed by atoms with Crippen LogP contribution in [0.25, 0.3) is 0 Å². The molecule has 1 aromatic rings. The number of nitrogens with zero attached hydrogens (tertiary/aromatic N) is 1. The van der Waals surface area contributed by atoms with E-state index in [-0.39, 0.29) is 5.82 Å². The van der Waals surface area contributed by atoms with E-state index in [2.05, 4.69) is 27.8 Å². The van der Waals surface area contributed by atoms with Crippen molar-refractivity contribution in [3.63, 3.8) is 0 Å². The third kappa shape index (κ3) is 2.33. The predicted octanol–water partition coefficient (Wildman–Crippen LogP) is 3.57. The molecule has 2 rings (SSSR count). The van der Waals surface area contributed by atoms with Crippen LogP contribution in [0.2, 0.25) is 0 Å². The second-order valence-corrected chi connectivity index (χ2v) is 4.82. The van der Waals surface area contributed by atoms with Crippen LogP contribution in [0.15, 0.2) is 18.2 Å². The van der Waals surface area contributed by atoms with Crippen molar-refractivity contribution in [1.82, 2.24) is 0 Å². The molecule has 1 saturated heterocycles. The summed E-state index contributed by atoms with van der Waals surface area (Å²) in [6.45, 7) is 4.17. The molecule has 0 amide bonds. The molecule has 1 heterocycles. The Kier molecular flexibility index (Phi) is 3.29. The zero-order valence-corrected chi connectivity index (χ0v) is 10.4. The molecule has 0 aromatic heterocycles. The minimum Gasteiger partial charge on any atom is -0.369 e. The van der Waals surface area contributed by atoms with Crippen LogP contribution in [0.5, 0.6) is 0 Å². The molecular formula is C12H15BrFN. The Hall–Kier alpha value is -0.570. The average molecular weight is 272 g/mol. The Morgan fingerprint density at radius 3 is 2.87 bits per heavy atom. The number of alkyl halides is 1. The first kappa shape index (κ1) is 10.9. The molecular weight excluding hydrogens is 257 g/mol. The third-order valence-electron chi connectivity index (χ3n) is 2.93. The lowest BCUT2D eigenvalue weighted by molar-refractivity contribution is 0.618. The molecule has 0 N–H and O–H groups in total. The van der Waals surface area contributed by atoms with Crippen LogP contribution in [0.4, 0.5) is 10.1 Å². The highest BCUT2D eigenvalue weighted by atomic mass is 79.9. The molecule has 1 atom stereocenters. The number of hydrogen-bond donors (Lipinski definition) is 0. The molecule has 15 heavy (non-hydrogen) atoms. The minimum atomic E-state index is -0.0962. The summed E-state index contributed by atoms with van der Waals surface area (Å²) in [5.41, 5.74) is 1.74. The molecule has 1 fully saturated rings. The molecule has 1 aliphatic heterocycles. The lowest BCUT2D eigenvalue weighted by atomic mass is 10.2. The van der Waals surface area contributed by atoms with Gasteiger partial charge in [0, 0.05) is 18.4 Å². The van der Waals surface area contributed by atoms with Gasteiger partial charge in [0.2, 0.25) is 0 Å². The molecule has 0 saturated carbocycles. The van der Waals surface area contributed by atoms with Gasteiger partial charge in [0.15, 0.2) is 0 Å². The highest BCUT2D eigenvalue weighted by molar-refractivity contribution is 9.08. The van der Waals surface area contributed by atoms with Crippen LogP contribution in [-0.4, -0.2) is 13.1 Å². The fourth-order valence-corrected chi connectivity index (χ4v) is 2.39. The molecule has 1 nitrogen and oxygen atoms in total. The summed E-state index contributed by atoms with van der Waals surface area (Å²) in [6.07, 6.45) is 1.17. The standard InChI is InChI=1S/C12H15BrFN/c1-9-4-5-15(8-9)12-3-2-10(7-13)6-11(12)14/h2-3,6,9H,4-5,7-8H2,1H3. The van der Waals surface area contributed by atoms with E-state index < -0.39 is 0 Å². The lowest BCUT2D eigenvalue weighted by Gasteiger charge is -2.19. The van der Waals surface area contributed by atoms with E-state index in [1.54, 1.807) is 6.07 Å². The van der Waals surface area contributed by atoms with Gasteiger partial charge < -0.3 is 4.90 Å². The molecule has 0 spiro atoms. The molecule has 3 heteroatoms.